The Labute approximate surface area is 133 Å². The monoisotopic (exact) mass is 335 g/mol. The van der Waals surface area contributed by atoms with Crippen LogP contribution >= 0.6 is 0 Å². The van der Waals surface area contributed by atoms with E-state index in [0.717, 1.165) is 12.1 Å². The van der Waals surface area contributed by atoms with Crippen LogP contribution in [0.15, 0.2) is 42.6 Å². The predicted octanol–water partition coefficient (Wildman–Crippen LogP) is 3.92. The maximum absolute atomic E-state index is 13.6. The number of hydrogen-bond acceptors (Lipinski definition) is 5. The number of aromatic nitrogens is 3. The summed E-state index contributed by atoms with van der Waals surface area (Å²) in [7, 11) is 0. The lowest BCUT2D eigenvalue weighted by molar-refractivity contribution is 0.449. The molecule has 0 atom stereocenters. The van der Waals surface area contributed by atoms with Gasteiger partial charge in [0.15, 0.2) is 23.3 Å². The molecule has 0 amide bonds. The Balaban J connectivity index is 1.80. The van der Waals surface area contributed by atoms with E-state index in [1.54, 1.807) is 0 Å². The third kappa shape index (κ3) is 3.40. The molecule has 3 aromatic rings. The maximum Gasteiger partial charge on any atom is 0.249 e. The first-order valence-electron chi connectivity index (χ1n) is 6.66. The zero-order valence-electron chi connectivity index (χ0n) is 11.9. The average Bonchev–Trinajstić information content (AvgIpc) is 2.58. The van der Waals surface area contributed by atoms with E-state index in [1.165, 1.54) is 30.5 Å². The van der Waals surface area contributed by atoms with Crippen LogP contribution in [0.5, 0.6) is 0 Å². The summed E-state index contributed by atoms with van der Waals surface area (Å²) in [5.41, 5.74) is 0.205. The Morgan fingerprint density at radius 1 is 0.792 bits per heavy atom. The molecule has 5 nitrogen and oxygen atoms in total. The van der Waals surface area contributed by atoms with E-state index in [1.807, 2.05) is 0 Å². The zero-order valence-corrected chi connectivity index (χ0v) is 11.9. The van der Waals surface area contributed by atoms with Crippen LogP contribution in [0.3, 0.4) is 0 Å². The van der Waals surface area contributed by atoms with Crippen molar-refractivity contribution in [1.82, 2.24) is 15.2 Å². The van der Waals surface area contributed by atoms with Crippen LogP contribution in [0.4, 0.5) is 40.7 Å². The molecule has 9 heteroatoms. The summed E-state index contributed by atoms with van der Waals surface area (Å²) in [5, 5.41) is 12.6. The fourth-order valence-corrected chi connectivity index (χ4v) is 1.84. The quantitative estimate of drug-likeness (QED) is 0.559. The fraction of sp³-hybridized carbons (Fsp3) is 0. The molecule has 0 aliphatic carbocycles. The minimum absolute atomic E-state index is 0.0506. The molecule has 2 N–H and O–H groups in total. The van der Waals surface area contributed by atoms with Crippen molar-refractivity contribution in [1.29, 1.82) is 0 Å². The summed E-state index contributed by atoms with van der Waals surface area (Å²) in [5.74, 6) is -4.55. The van der Waals surface area contributed by atoms with Crippen LogP contribution in [0.25, 0.3) is 0 Å². The van der Waals surface area contributed by atoms with Gasteiger partial charge >= 0.3 is 0 Å². The predicted molar refractivity (Wildman–Crippen MR) is 79.1 cm³/mol. The Morgan fingerprint density at radius 2 is 1.54 bits per heavy atom. The van der Waals surface area contributed by atoms with Gasteiger partial charge in [0, 0.05) is 5.69 Å². The molecule has 24 heavy (non-hydrogen) atoms. The summed E-state index contributed by atoms with van der Waals surface area (Å²) in [6, 6.07) is 7.24. The summed E-state index contributed by atoms with van der Waals surface area (Å²) >= 11 is 0. The van der Waals surface area contributed by atoms with Gasteiger partial charge in [-0.25, -0.2) is 17.6 Å². The molecule has 0 radical (unpaired) electrons. The van der Waals surface area contributed by atoms with Crippen molar-refractivity contribution in [2.45, 2.75) is 0 Å². The zero-order chi connectivity index (χ0) is 17.1. The topological polar surface area (TPSA) is 62.7 Å². The molecule has 0 unspecified atom stereocenters. The molecule has 1 heterocycles. The van der Waals surface area contributed by atoms with Crippen LogP contribution in [0.1, 0.15) is 0 Å². The average molecular weight is 335 g/mol. The number of anilines is 4. The number of hydrogen-bond donors (Lipinski definition) is 2. The lowest BCUT2D eigenvalue weighted by Gasteiger charge is -2.09. The first-order valence-corrected chi connectivity index (χ1v) is 6.66. The van der Waals surface area contributed by atoms with Crippen LogP contribution in [0, 0.1) is 23.3 Å². The minimum Gasteiger partial charge on any atom is -0.336 e. The van der Waals surface area contributed by atoms with Crippen LogP contribution in [-0.2, 0) is 0 Å². The highest BCUT2D eigenvalue weighted by Gasteiger charge is 2.14. The van der Waals surface area contributed by atoms with E-state index in [-0.39, 0.29) is 17.5 Å². The molecule has 0 saturated heterocycles. The molecule has 0 spiro atoms. The van der Waals surface area contributed by atoms with Crippen molar-refractivity contribution in [2.75, 3.05) is 10.6 Å². The van der Waals surface area contributed by atoms with Crippen molar-refractivity contribution < 1.29 is 17.6 Å². The second-order valence-corrected chi connectivity index (χ2v) is 4.65. The van der Waals surface area contributed by atoms with E-state index in [0.29, 0.717) is 5.69 Å². The van der Waals surface area contributed by atoms with Gasteiger partial charge in [-0.2, -0.15) is 10.1 Å². The fourth-order valence-electron chi connectivity index (χ4n) is 1.84. The molecule has 0 saturated carbocycles. The summed E-state index contributed by atoms with van der Waals surface area (Å²) in [6.45, 7) is 0. The lowest BCUT2D eigenvalue weighted by Crippen LogP contribution is -2.04. The largest absolute Gasteiger partial charge is 0.336 e. The van der Waals surface area contributed by atoms with Gasteiger partial charge in [0.2, 0.25) is 5.95 Å². The third-order valence-electron chi connectivity index (χ3n) is 2.96. The number of nitrogens with zero attached hydrogens (tertiary/aromatic N) is 3. The molecule has 0 aliphatic heterocycles. The van der Waals surface area contributed by atoms with Gasteiger partial charge in [-0.1, -0.05) is 0 Å². The Bertz CT molecular complexity index is 870. The first kappa shape index (κ1) is 15.7. The summed E-state index contributed by atoms with van der Waals surface area (Å²) in [6.07, 6.45) is 1.18. The normalized spacial score (nSPS) is 10.5. The van der Waals surface area contributed by atoms with Crippen molar-refractivity contribution in [2.24, 2.45) is 0 Å². The number of rotatable bonds is 4. The van der Waals surface area contributed by atoms with Crippen LogP contribution in [0.2, 0.25) is 0 Å². The van der Waals surface area contributed by atoms with Gasteiger partial charge < -0.3 is 10.6 Å². The van der Waals surface area contributed by atoms with Crippen molar-refractivity contribution in [3.05, 3.63) is 65.9 Å². The SMILES string of the molecule is Fc1ccc(Nc2nncc(Nc3ccc(F)c(F)c3F)n2)cc1. The van der Waals surface area contributed by atoms with Crippen molar-refractivity contribution in [3.63, 3.8) is 0 Å². The van der Waals surface area contributed by atoms with E-state index < -0.39 is 23.3 Å². The molecular weight excluding hydrogens is 326 g/mol. The van der Waals surface area contributed by atoms with Crippen LogP contribution < -0.4 is 10.6 Å². The van der Waals surface area contributed by atoms with Gasteiger partial charge in [0.25, 0.3) is 0 Å². The highest BCUT2D eigenvalue weighted by molar-refractivity contribution is 5.59. The third-order valence-corrected chi connectivity index (χ3v) is 2.96. The molecular formula is C15H9F4N5. The van der Waals surface area contributed by atoms with Gasteiger partial charge in [0.1, 0.15) is 5.82 Å². The standard InChI is InChI=1S/C15H9F4N5/c16-8-1-3-9(4-2-8)21-15-23-12(7-20-24-15)22-11-6-5-10(17)13(18)14(11)19/h1-7H,(H2,21,22,23,24). The number of nitrogens with one attached hydrogen (secondary N) is 2. The van der Waals surface area contributed by atoms with Crippen molar-refractivity contribution in [3.8, 4) is 0 Å². The molecule has 0 aliphatic rings. The lowest BCUT2D eigenvalue weighted by atomic mass is 10.3. The maximum atomic E-state index is 13.6. The minimum atomic E-state index is -1.59. The molecule has 1 aromatic heterocycles. The van der Waals surface area contributed by atoms with E-state index in [2.05, 4.69) is 25.8 Å². The van der Waals surface area contributed by atoms with E-state index in [4.69, 9.17) is 0 Å². The highest BCUT2D eigenvalue weighted by Crippen LogP contribution is 2.23. The smallest absolute Gasteiger partial charge is 0.249 e. The van der Waals surface area contributed by atoms with Gasteiger partial charge in [-0.15, -0.1) is 5.10 Å². The highest BCUT2D eigenvalue weighted by atomic mass is 19.2. The molecule has 2 aromatic carbocycles. The number of benzene rings is 2. The first-order chi connectivity index (χ1) is 11.5. The number of halogens is 4. The second kappa shape index (κ2) is 6.49. The molecule has 0 bridgehead atoms. The summed E-state index contributed by atoms with van der Waals surface area (Å²) < 4.78 is 52.6. The Kier molecular flexibility index (Phi) is 4.23. The van der Waals surface area contributed by atoms with E-state index in [9.17, 15) is 17.6 Å². The van der Waals surface area contributed by atoms with Crippen LogP contribution in [-0.4, -0.2) is 15.2 Å². The van der Waals surface area contributed by atoms with Gasteiger partial charge in [0.05, 0.1) is 11.9 Å². The summed E-state index contributed by atoms with van der Waals surface area (Å²) in [4.78, 5) is 4.01. The van der Waals surface area contributed by atoms with Gasteiger partial charge in [-0.05, 0) is 36.4 Å². The molecule has 122 valence electrons. The van der Waals surface area contributed by atoms with E-state index >= 15 is 0 Å². The van der Waals surface area contributed by atoms with Crippen molar-refractivity contribution >= 4 is 23.1 Å². The van der Waals surface area contributed by atoms with Gasteiger partial charge in [-0.3, -0.25) is 0 Å². The Morgan fingerprint density at radius 3 is 2.29 bits per heavy atom. The second-order valence-electron chi connectivity index (χ2n) is 4.65. The Hall–Kier alpha value is -3.23. The molecule has 0 fully saturated rings. The molecule has 3 rings (SSSR count).